The Hall–Kier alpha value is -3.27. The molecule has 36 heavy (non-hydrogen) atoms. The summed E-state index contributed by atoms with van der Waals surface area (Å²) in [6.45, 7) is 1.63. The van der Waals surface area contributed by atoms with Crippen LogP contribution in [0.2, 0.25) is 0 Å². The van der Waals surface area contributed by atoms with Crippen molar-refractivity contribution >= 4 is 10.0 Å². The summed E-state index contributed by atoms with van der Waals surface area (Å²) in [5, 5.41) is 0. The molecule has 0 fully saturated rings. The van der Waals surface area contributed by atoms with Gasteiger partial charge in [0.15, 0.2) is 11.5 Å². The van der Waals surface area contributed by atoms with Crippen molar-refractivity contribution in [2.45, 2.75) is 23.9 Å². The molecule has 1 heterocycles. The van der Waals surface area contributed by atoms with E-state index in [1.165, 1.54) is 0 Å². The molecular weight excluding hydrogens is 480 g/mol. The minimum atomic E-state index is -3.73. The predicted octanol–water partition coefficient (Wildman–Crippen LogP) is 3.80. The fourth-order valence-electron chi connectivity index (χ4n) is 4.50. The molecule has 0 saturated heterocycles. The number of nitrogens with one attached hydrogen (secondary N) is 1. The highest BCUT2D eigenvalue weighted by atomic mass is 32.2. The first kappa shape index (κ1) is 25.8. The third kappa shape index (κ3) is 5.59. The van der Waals surface area contributed by atoms with Crippen LogP contribution in [0.1, 0.15) is 22.7 Å². The minimum absolute atomic E-state index is 0.188. The van der Waals surface area contributed by atoms with Crippen LogP contribution in [-0.2, 0) is 23.0 Å². The lowest BCUT2D eigenvalue weighted by Gasteiger charge is -2.38. The fourth-order valence-corrected chi connectivity index (χ4v) is 5.54. The quantitative estimate of drug-likeness (QED) is 0.442. The van der Waals surface area contributed by atoms with E-state index < -0.39 is 10.0 Å². The normalized spacial score (nSPS) is 15.7. The van der Waals surface area contributed by atoms with Gasteiger partial charge < -0.3 is 18.9 Å². The highest BCUT2D eigenvalue weighted by Gasteiger charge is 2.30. The van der Waals surface area contributed by atoms with Gasteiger partial charge in [-0.2, -0.15) is 0 Å². The van der Waals surface area contributed by atoms with E-state index in [4.69, 9.17) is 18.9 Å². The van der Waals surface area contributed by atoms with Crippen molar-refractivity contribution in [1.82, 2.24) is 9.62 Å². The van der Waals surface area contributed by atoms with E-state index in [9.17, 15) is 8.42 Å². The van der Waals surface area contributed by atoms with Gasteiger partial charge in [-0.05, 0) is 71.6 Å². The van der Waals surface area contributed by atoms with Crippen LogP contribution in [0.15, 0.2) is 65.6 Å². The van der Waals surface area contributed by atoms with Crippen LogP contribution in [0.5, 0.6) is 23.0 Å². The van der Waals surface area contributed by atoms with E-state index in [2.05, 4.69) is 9.62 Å². The monoisotopic (exact) mass is 512 g/mol. The van der Waals surface area contributed by atoms with Gasteiger partial charge in [0.25, 0.3) is 0 Å². The Balaban J connectivity index is 1.64. The largest absolute Gasteiger partial charge is 0.497 e. The molecule has 0 amide bonds. The van der Waals surface area contributed by atoms with Gasteiger partial charge in [0.2, 0.25) is 10.0 Å². The lowest BCUT2D eigenvalue weighted by Crippen LogP contribution is -2.41. The molecular formula is C27H32N2O6S. The standard InChI is InChI=1S/C27H32N2O6S/c1-32-21-7-5-19(6-8-21)18-29-14-13-20-15-26(34-3)27(35-4)16-24(20)25(29)17-28-36(30,31)23-11-9-22(33-2)10-12-23/h5-12,15-16,25,28H,13-14,17-18H2,1-4H3/t25-/m1/s1. The summed E-state index contributed by atoms with van der Waals surface area (Å²) in [4.78, 5) is 2.47. The summed E-state index contributed by atoms with van der Waals surface area (Å²) in [5.41, 5.74) is 3.25. The van der Waals surface area contributed by atoms with Crippen molar-refractivity contribution in [3.63, 3.8) is 0 Å². The Morgan fingerprint density at radius 3 is 2.00 bits per heavy atom. The van der Waals surface area contributed by atoms with Crippen LogP contribution >= 0.6 is 0 Å². The summed E-state index contributed by atoms with van der Waals surface area (Å²) in [5.74, 6) is 2.67. The highest BCUT2D eigenvalue weighted by Crippen LogP contribution is 2.38. The van der Waals surface area contributed by atoms with Crippen LogP contribution in [0, 0.1) is 0 Å². The number of nitrogens with zero attached hydrogens (tertiary/aromatic N) is 1. The van der Waals surface area contributed by atoms with E-state index in [1.54, 1.807) is 52.7 Å². The zero-order valence-electron chi connectivity index (χ0n) is 21.0. The lowest BCUT2D eigenvalue weighted by molar-refractivity contribution is 0.176. The smallest absolute Gasteiger partial charge is 0.240 e. The zero-order chi connectivity index (χ0) is 25.7. The van der Waals surface area contributed by atoms with Crippen molar-refractivity contribution in [3.05, 3.63) is 77.4 Å². The van der Waals surface area contributed by atoms with Crippen LogP contribution in [-0.4, -0.2) is 54.8 Å². The summed E-state index contributed by atoms with van der Waals surface area (Å²) in [7, 11) is 2.68. The molecule has 0 aromatic heterocycles. The Labute approximate surface area is 212 Å². The van der Waals surface area contributed by atoms with E-state index >= 15 is 0 Å². The Morgan fingerprint density at radius 2 is 1.42 bits per heavy atom. The summed E-state index contributed by atoms with van der Waals surface area (Å²) < 4.78 is 50.5. The molecule has 0 spiro atoms. The summed E-state index contributed by atoms with van der Waals surface area (Å²) in [6, 6.07) is 18.0. The maximum atomic E-state index is 13.1. The SMILES string of the molecule is COc1ccc(CN2CCc3cc(OC)c(OC)cc3[C@H]2CNS(=O)(=O)c2ccc(OC)cc2)cc1. The predicted molar refractivity (Wildman–Crippen MR) is 138 cm³/mol. The fraction of sp³-hybridized carbons (Fsp3) is 0.333. The lowest BCUT2D eigenvalue weighted by atomic mass is 9.91. The molecule has 1 aliphatic rings. The van der Waals surface area contributed by atoms with Gasteiger partial charge >= 0.3 is 0 Å². The van der Waals surface area contributed by atoms with Gasteiger partial charge in [-0.3, -0.25) is 4.90 Å². The number of ether oxygens (including phenoxy) is 4. The molecule has 0 unspecified atom stereocenters. The first-order valence-electron chi connectivity index (χ1n) is 11.6. The van der Waals surface area contributed by atoms with Crippen molar-refractivity contribution in [2.75, 3.05) is 41.5 Å². The van der Waals surface area contributed by atoms with Gasteiger partial charge in [-0.25, -0.2) is 13.1 Å². The number of rotatable bonds is 10. The van der Waals surface area contributed by atoms with Crippen molar-refractivity contribution in [3.8, 4) is 23.0 Å². The topological polar surface area (TPSA) is 86.3 Å². The molecule has 3 aromatic carbocycles. The number of sulfonamides is 1. The number of hydrogen-bond acceptors (Lipinski definition) is 7. The second-order valence-electron chi connectivity index (χ2n) is 8.52. The Morgan fingerprint density at radius 1 is 0.833 bits per heavy atom. The van der Waals surface area contributed by atoms with Gasteiger partial charge in [-0.1, -0.05) is 12.1 Å². The molecule has 1 N–H and O–H groups in total. The number of benzene rings is 3. The van der Waals surface area contributed by atoms with Crippen molar-refractivity contribution in [1.29, 1.82) is 0 Å². The summed E-state index contributed by atoms with van der Waals surface area (Å²) in [6.07, 6.45) is 0.813. The molecule has 1 aliphatic heterocycles. The average molecular weight is 513 g/mol. The van der Waals surface area contributed by atoms with Gasteiger partial charge in [0.1, 0.15) is 11.5 Å². The highest BCUT2D eigenvalue weighted by molar-refractivity contribution is 7.89. The molecule has 0 aliphatic carbocycles. The van der Waals surface area contributed by atoms with Gasteiger partial charge in [-0.15, -0.1) is 0 Å². The molecule has 9 heteroatoms. The number of hydrogen-bond donors (Lipinski definition) is 1. The van der Waals surface area contributed by atoms with Crippen molar-refractivity contribution in [2.24, 2.45) is 0 Å². The molecule has 192 valence electrons. The second-order valence-corrected chi connectivity index (χ2v) is 10.3. The van der Waals surface area contributed by atoms with E-state index in [-0.39, 0.29) is 17.5 Å². The average Bonchev–Trinajstić information content (AvgIpc) is 2.92. The van der Waals surface area contributed by atoms with E-state index in [0.29, 0.717) is 23.8 Å². The maximum absolute atomic E-state index is 13.1. The first-order valence-corrected chi connectivity index (χ1v) is 13.1. The number of fused-ring (bicyclic) bond motifs is 1. The molecule has 4 rings (SSSR count). The molecule has 0 bridgehead atoms. The van der Waals surface area contributed by atoms with Crippen LogP contribution < -0.4 is 23.7 Å². The third-order valence-electron chi connectivity index (χ3n) is 6.49. The maximum Gasteiger partial charge on any atom is 0.240 e. The third-order valence-corrected chi connectivity index (χ3v) is 7.93. The van der Waals surface area contributed by atoms with Gasteiger partial charge in [0.05, 0.1) is 33.3 Å². The Kier molecular flexibility index (Phi) is 8.03. The van der Waals surface area contributed by atoms with E-state index in [1.807, 2.05) is 36.4 Å². The molecule has 0 radical (unpaired) electrons. The molecule has 0 saturated carbocycles. The molecule has 1 atom stereocenters. The Bertz CT molecular complexity index is 1280. The minimum Gasteiger partial charge on any atom is -0.497 e. The number of methoxy groups -OCH3 is 4. The van der Waals surface area contributed by atoms with Gasteiger partial charge in [0, 0.05) is 25.7 Å². The molecule has 3 aromatic rings. The zero-order valence-corrected chi connectivity index (χ0v) is 21.8. The van der Waals surface area contributed by atoms with E-state index in [0.717, 1.165) is 35.4 Å². The molecule has 8 nitrogen and oxygen atoms in total. The second kappa shape index (κ2) is 11.2. The van der Waals surface area contributed by atoms with Crippen molar-refractivity contribution < 1.29 is 27.4 Å². The van der Waals surface area contributed by atoms with Crippen LogP contribution in [0.25, 0.3) is 0 Å². The summed E-state index contributed by atoms with van der Waals surface area (Å²) >= 11 is 0. The van der Waals surface area contributed by atoms with Crippen LogP contribution in [0.3, 0.4) is 0 Å². The van der Waals surface area contributed by atoms with Crippen LogP contribution in [0.4, 0.5) is 0 Å². The first-order chi connectivity index (χ1) is 17.4.